The number of rotatable bonds is 2. The Morgan fingerprint density at radius 2 is 1.76 bits per heavy atom. The summed E-state index contributed by atoms with van der Waals surface area (Å²) in [6, 6.07) is 9.54. The molecule has 5 nitrogen and oxygen atoms in total. The van der Waals surface area contributed by atoms with Crippen LogP contribution in [0.4, 0.5) is 5.82 Å². The van der Waals surface area contributed by atoms with Crippen LogP contribution in [0.1, 0.15) is 30.0 Å². The van der Waals surface area contributed by atoms with Crippen LogP contribution in [0.25, 0.3) is 0 Å². The van der Waals surface area contributed by atoms with Crippen molar-refractivity contribution in [1.29, 1.82) is 5.26 Å². The van der Waals surface area contributed by atoms with Crippen LogP contribution in [0.3, 0.4) is 0 Å². The summed E-state index contributed by atoms with van der Waals surface area (Å²) in [4.78, 5) is 10.5. The summed E-state index contributed by atoms with van der Waals surface area (Å²) in [5.41, 5.74) is 1.65. The van der Waals surface area contributed by atoms with Gasteiger partial charge < -0.3 is 10.0 Å². The minimum atomic E-state index is 0.300. The molecule has 21 heavy (non-hydrogen) atoms. The Hall–Kier alpha value is -2.61. The van der Waals surface area contributed by atoms with Gasteiger partial charge in [-0.1, -0.05) is 12.1 Å². The summed E-state index contributed by atoms with van der Waals surface area (Å²) < 4.78 is 0. The van der Waals surface area contributed by atoms with Crippen LogP contribution in [-0.2, 0) is 0 Å². The molecule has 1 N–H and O–H groups in total. The van der Waals surface area contributed by atoms with Crippen molar-refractivity contribution in [3.63, 3.8) is 0 Å². The Kier molecular flexibility index (Phi) is 3.69. The van der Waals surface area contributed by atoms with E-state index in [2.05, 4.69) is 20.9 Å². The lowest BCUT2D eigenvalue weighted by atomic mass is 9.89. The molecule has 5 heteroatoms. The summed E-state index contributed by atoms with van der Waals surface area (Å²) in [5.74, 6) is 1.47. The van der Waals surface area contributed by atoms with Gasteiger partial charge in [0.2, 0.25) is 0 Å². The molecule has 1 aromatic heterocycles. The van der Waals surface area contributed by atoms with E-state index >= 15 is 0 Å². The predicted octanol–water partition coefficient (Wildman–Crippen LogP) is 2.44. The molecule has 1 fully saturated rings. The highest BCUT2D eigenvalue weighted by Gasteiger charge is 2.23. The Labute approximate surface area is 123 Å². The third-order valence-corrected chi connectivity index (χ3v) is 3.94. The summed E-state index contributed by atoms with van der Waals surface area (Å²) in [7, 11) is 0. The largest absolute Gasteiger partial charge is 0.508 e. The maximum Gasteiger partial charge on any atom is 0.183 e. The van der Waals surface area contributed by atoms with Gasteiger partial charge >= 0.3 is 0 Å². The molecular weight excluding hydrogens is 264 g/mol. The molecule has 0 atom stereocenters. The first-order valence-corrected chi connectivity index (χ1v) is 7.03. The monoisotopic (exact) mass is 280 g/mol. The van der Waals surface area contributed by atoms with Crippen LogP contribution in [0.5, 0.6) is 5.75 Å². The maximum absolute atomic E-state index is 9.35. The van der Waals surface area contributed by atoms with Crippen molar-refractivity contribution >= 4 is 5.82 Å². The molecule has 0 spiro atoms. The van der Waals surface area contributed by atoms with E-state index in [1.807, 2.05) is 12.1 Å². The predicted molar refractivity (Wildman–Crippen MR) is 79.0 cm³/mol. The topological polar surface area (TPSA) is 73.0 Å². The molecular formula is C16H16N4O. The number of nitriles is 1. The summed E-state index contributed by atoms with van der Waals surface area (Å²) >= 11 is 0. The van der Waals surface area contributed by atoms with E-state index in [1.54, 1.807) is 24.5 Å². The molecule has 1 saturated heterocycles. The zero-order valence-corrected chi connectivity index (χ0v) is 11.6. The van der Waals surface area contributed by atoms with Gasteiger partial charge in [-0.3, -0.25) is 0 Å². The van der Waals surface area contributed by atoms with E-state index in [0.717, 1.165) is 25.9 Å². The molecule has 2 aromatic rings. The van der Waals surface area contributed by atoms with Gasteiger partial charge in [0.1, 0.15) is 11.8 Å². The summed E-state index contributed by atoms with van der Waals surface area (Å²) in [6.07, 6.45) is 5.19. The average Bonchev–Trinajstić information content (AvgIpc) is 2.56. The van der Waals surface area contributed by atoms with Gasteiger partial charge in [0.05, 0.1) is 0 Å². The lowest BCUT2D eigenvalue weighted by Gasteiger charge is -2.33. The van der Waals surface area contributed by atoms with E-state index in [9.17, 15) is 5.11 Å². The minimum Gasteiger partial charge on any atom is -0.508 e. The van der Waals surface area contributed by atoms with E-state index in [4.69, 9.17) is 5.26 Å². The number of anilines is 1. The summed E-state index contributed by atoms with van der Waals surface area (Å²) in [5, 5.41) is 18.5. The zero-order chi connectivity index (χ0) is 14.7. The molecule has 2 heterocycles. The van der Waals surface area contributed by atoms with E-state index in [-0.39, 0.29) is 0 Å². The number of hydrogen-bond acceptors (Lipinski definition) is 5. The van der Waals surface area contributed by atoms with Crippen LogP contribution in [-0.4, -0.2) is 28.2 Å². The van der Waals surface area contributed by atoms with Crippen molar-refractivity contribution in [2.24, 2.45) is 0 Å². The SMILES string of the molecule is N#Cc1nccnc1N1CCC(c2ccc(O)cc2)CC1. The van der Waals surface area contributed by atoms with Crippen molar-refractivity contribution in [2.75, 3.05) is 18.0 Å². The van der Waals surface area contributed by atoms with Gasteiger partial charge in [0.25, 0.3) is 0 Å². The van der Waals surface area contributed by atoms with Gasteiger partial charge in [0, 0.05) is 25.5 Å². The van der Waals surface area contributed by atoms with Crippen molar-refractivity contribution in [2.45, 2.75) is 18.8 Å². The molecule has 1 aliphatic rings. The van der Waals surface area contributed by atoms with Crippen molar-refractivity contribution in [1.82, 2.24) is 9.97 Å². The van der Waals surface area contributed by atoms with Crippen LogP contribution < -0.4 is 4.90 Å². The number of aromatic hydroxyl groups is 1. The first kappa shape index (κ1) is 13.4. The Morgan fingerprint density at radius 3 is 2.43 bits per heavy atom. The molecule has 0 unspecified atom stereocenters. The van der Waals surface area contributed by atoms with E-state index in [0.29, 0.717) is 23.2 Å². The second-order valence-corrected chi connectivity index (χ2v) is 5.19. The third-order valence-electron chi connectivity index (χ3n) is 3.94. The Balaban J connectivity index is 1.70. The quantitative estimate of drug-likeness (QED) is 0.914. The zero-order valence-electron chi connectivity index (χ0n) is 11.6. The molecule has 0 amide bonds. The number of benzene rings is 1. The minimum absolute atomic E-state index is 0.300. The second kappa shape index (κ2) is 5.80. The molecule has 0 aliphatic carbocycles. The molecule has 0 bridgehead atoms. The maximum atomic E-state index is 9.35. The van der Waals surface area contributed by atoms with Crippen molar-refractivity contribution in [3.05, 3.63) is 47.9 Å². The number of piperidine rings is 1. The number of hydrogen-bond donors (Lipinski definition) is 1. The van der Waals surface area contributed by atoms with E-state index in [1.165, 1.54) is 5.56 Å². The van der Waals surface area contributed by atoms with Crippen molar-refractivity contribution in [3.8, 4) is 11.8 Å². The van der Waals surface area contributed by atoms with Crippen LogP contribution >= 0.6 is 0 Å². The molecule has 1 aliphatic heterocycles. The standard InChI is InChI=1S/C16H16N4O/c17-11-15-16(19-8-7-18-15)20-9-5-13(6-10-20)12-1-3-14(21)4-2-12/h1-4,7-8,13,21H,5-6,9-10H2. The fourth-order valence-electron chi connectivity index (χ4n) is 2.81. The smallest absolute Gasteiger partial charge is 0.183 e. The highest BCUT2D eigenvalue weighted by Crippen LogP contribution is 2.31. The average molecular weight is 280 g/mol. The van der Waals surface area contributed by atoms with Crippen LogP contribution in [0.2, 0.25) is 0 Å². The fraction of sp³-hybridized carbons (Fsp3) is 0.312. The molecule has 106 valence electrons. The third kappa shape index (κ3) is 2.79. The first-order chi connectivity index (χ1) is 10.3. The molecule has 3 rings (SSSR count). The first-order valence-electron chi connectivity index (χ1n) is 7.03. The van der Waals surface area contributed by atoms with Gasteiger partial charge in [-0.25, -0.2) is 9.97 Å². The van der Waals surface area contributed by atoms with Crippen molar-refractivity contribution < 1.29 is 5.11 Å². The van der Waals surface area contributed by atoms with Crippen LogP contribution in [0.15, 0.2) is 36.7 Å². The Morgan fingerprint density at radius 1 is 1.10 bits per heavy atom. The number of aromatic nitrogens is 2. The number of nitrogens with zero attached hydrogens (tertiary/aromatic N) is 4. The van der Waals surface area contributed by atoms with Gasteiger partial charge in [-0.15, -0.1) is 0 Å². The summed E-state index contributed by atoms with van der Waals surface area (Å²) in [6.45, 7) is 1.72. The molecule has 1 aromatic carbocycles. The van der Waals surface area contributed by atoms with Gasteiger partial charge in [-0.2, -0.15) is 5.26 Å². The van der Waals surface area contributed by atoms with Gasteiger partial charge in [-0.05, 0) is 36.5 Å². The molecule has 0 radical (unpaired) electrons. The number of phenols is 1. The molecule has 0 saturated carbocycles. The normalized spacial score (nSPS) is 15.7. The van der Waals surface area contributed by atoms with Gasteiger partial charge in [0.15, 0.2) is 11.5 Å². The lowest BCUT2D eigenvalue weighted by Crippen LogP contribution is -2.34. The fourth-order valence-corrected chi connectivity index (χ4v) is 2.81. The lowest BCUT2D eigenvalue weighted by molar-refractivity contribution is 0.472. The highest BCUT2D eigenvalue weighted by molar-refractivity contribution is 5.50. The second-order valence-electron chi connectivity index (χ2n) is 5.19. The highest BCUT2D eigenvalue weighted by atomic mass is 16.3. The van der Waals surface area contributed by atoms with Crippen LogP contribution in [0, 0.1) is 11.3 Å². The number of phenolic OH excluding ortho intramolecular Hbond substituents is 1. The van der Waals surface area contributed by atoms with E-state index < -0.39 is 0 Å². The Bertz CT molecular complexity index is 655.